The molecule has 0 aliphatic heterocycles. The number of hydrogen-bond acceptors (Lipinski definition) is 3. The molecule has 0 atom stereocenters. The number of benzene rings is 1. The van der Waals surface area contributed by atoms with Gasteiger partial charge >= 0.3 is 11.9 Å². The Morgan fingerprint density at radius 2 is 1.82 bits per heavy atom. The van der Waals surface area contributed by atoms with Crippen molar-refractivity contribution >= 4 is 18.1 Å². The van der Waals surface area contributed by atoms with Gasteiger partial charge in [-0.15, -0.1) is 0 Å². The van der Waals surface area contributed by atoms with Crippen LogP contribution in [0.1, 0.15) is 15.9 Å². The highest BCUT2D eigenvalue weighted by Gasteiger charge is 2.08. The molecule has 0 bridgehead atoms. The number of amides is 1. The molecule has 0 unspecified atom stereocenters. The van der Waals surface area contributed by atoms with Crippen molar-refractivity contribution in [1.82, 2.24) is 5.43 Å². The second-order valence-electron chi connectivity index (χ2n) is 4.23. The van der Waals surface area contributed by atoms with E-state index in [1.807, 2.05) is 18.2 Å². The van der Waals surface area contributed by atoms with Crippen LogP contribution in [0.3, 0.4) is 0 Å². The standard InChI is InChI=1S/C15H13N3O3.ClH/c19-14(11-18-8-4-1-5-9-18)17-16-10-12-6-2-3-7-13(12)15(20)21;/h1-10H,11H2,(H-,17,19,20,21);1H/b16-10+;. The van der Waals surface area contributed by atoms with Crippen molar-refractivity contribution in [3.8, 4) is 0 Å². The quantitative estimate of drug-likeness (QED) is 0.374. The monoisotopic (exact) mass is 319 g/mol. The number of hydrazone groups is 1. The van der Waals surface area contributed by atoms with Crippen LogP contribution in [0.15, 0.2) is 60.0 Å². The van der Waals surface area contributed by atoms with Crippen molar-refractivity contribution in [2.24, 2.45) is 5.10 Å². The molecule has 6 nitrogen and oxygen atoms in total. The Morgan fingerprint density at radius 3 is 2.50 bits per heavy atom. The predicted octanol–water partition coefficient (Wildman–Crippen LogP) is -2.17. The molecule has 0 aliphatic carbocycles. The summed E-state index contributed by atoms with van der Waals surface area (Å²) in [6.45, 7) is 0.138. The van der Waals surface area contributed by atoms with Crippen LogP contribution in [0, 0.1) is 0 Å². The van der Waals surface area contributed by atoms with E-state index in [1.54, 1.807) is 35.2 Å². The smallest absolute Gasteiger partial charge is 0.336 e. The number of rotatable bonds is 5. The first kappa shape index (κ1) is 17.3. The van der Waals surface area contributed by atoms with Crippen LogP contribution >= 0.6 is 0 Å². The molecular formula is C15H14ClN3O3. The van der Waals surface area contributed by atoms with Crippen molar-refractivity contribution in [2.75, 3.05) is 0 Å². The van der Waals surface area contributed by atoms with Crippen LogP contribution in [0.4, 0.5) is 0 Å². The maximum absolute atomic E-state index is 11.7. The van der Waals surface area contributed by atoms with Gasteiger partial charge in [0.2, 0.25) is 6.54 Å². The van der Waals surface area contributed by atoms with Gasteiger partial charge in [-0.05, 0) is 6.07 Å². The molecule has 0 spiro atoms. The number of nitrogens with one attached hydrogen (secondary N) is 1. The first-order valence-corrected chi connectivity index (χ1v) is 6.25. The summed E-state index contributed by atoms with van der Waals surface area (Å²) < 4.78 is 1.70. The van der Waals surface area contributed by atoms with E-state index in [0.717, 1.165) is 0 Å². The molecule has 7 heteroatoms. The SMILES string of the molecule is O=C(C[n+]1ccccc1)N/N=C/c1ccccc1C(=O)O.[Cl-]. The summed E-state index contributed by atoms with van der Waals surface area (Å²) in [5.74, 6) is -1.33. The average molecular weight is 320 g/mol. The minimum atomic E-state index is -1.04. The van der Waals surface area contributed by atoms with Crippen molar-refractivity contribution in [1.29, 1.82) is 0 Å². The third-order valence-corrected chi connectivity index (χ3v) is 2.69. The van der Waals surface area contributed by atoms with Crippen molar-refractivity contribution < 1.29 is 31.7 Å². The van der Waals surface area contributed by atoms with Gasteiger partial charge in [0.25, 0.3) is 0 Å². The third-order valence-electron chi connectivity index (χ3n) is 2.69. The zero-order valence-corrected chi connectivity index (χ0v) is 12.3. The lowest BCUT2D eigenvalue weighted by Gasteiger charge is -2.00. The first-order valence-electron chi connectivity index (χ1n) is 6.25. The van der Waals surface area contributed by atoms with Gasteiger partial charge in [0.05, 0.1) is 11.8 Å². The maximum Gasteiger partial charge on any atom is 0.336 e. The molecule has 0 radical (unpaired) electrons. The third kappa shape index (κ3) is 4.99. The molecule has 2 N–H and O–H groups in total. The van der Waals surface area contributed by atoms with Crippen molar-refractivity contribution in [3.05, 3.63) is 66.0 Å². The Bertz CT molecular complexity index is 675. The van der Waals surface area contributed by atoms with Gasteiger partial charge in [0.1, 0.15) is 0 Å². The van der Waals surface area contributed by atoms with Crippen LogP contribution in [0.25, 0.3) is 0 Å². The molecule has 2 rings (SSSR count). The number of halogens is 1. The summed E-state index contributed by atoms with van der Waals surface area (Å²) in [6.07, 6.45) is 4.85. The van der Waals surface area contributed by atoms with Gasteiger partial charge in [-0.25, -0.2) is 10.2 Å². The van der Waals surface area contributed by atoms with Gasteiger partial charge in [0, 0.05) is 17.7 Å². The van der Waals surface area contributed by atoms with E-state index in [2.05, 4.69) is 10.5 Å². The van der Waals surface area contributed by atoms with Gasteiger partial charge in [-0.1, -0.05) is 24.3 Å². The fourth-order valence-corrected chi connectivity index (χ4v) is 1.72. The predicted molar refractivity (Wildman–Crippen MR) is 75.8 cm³/mol. The minimum Gasteiger partial charge on any atom is -1.00 e. The summed E-state index contributed by atoms with van der Waals surface area (Å²) in [4.78, 5) is 22.7. The summed E-state index contributed by atoms with van der Waals surface area (Å²) in [5.41, 5.74) is 2.92. The number of nitrogens with zero attached hydrogens (tertiary/aromatic N) is 2. The van der Waals surface area contributed by atoms with Crippen molar-refractivity contribution in [3.63, 3.8) is 0 Å². The van der Waals surface area contributed by atoms with Crippen molar-refractivity contribution in [2.45, 2.75) is 6.54 Å². The summed E-state index contributed by atoms with van der Waals surface area (Å²) in [5, 5.41) is 12.8. The number of aromatic nitrogens is 1. The Morgan fingerprint density at radius 1 is 1.14 bits per heavy atom. The van der Waals surface area contributed by atoms with Gasteiger partial charge in [0.15, 0.2) is 12.4 Å². The highest BCUT2D eigenvalue weighted by atomic mass is 35.5. The minimum absolute atomic E-state index is 0. The number of pyridine rings is 1. The Kier molecular flexibility index (Phi) is 6.72. The zero-order valence-electron chi connectivity index (χ0n) is 11.5. The van der Waals surface area contributed by atoms with E-state index < -0.39 is 5.97 Å². The molecule has 0 fully saturated rings. The Hall–Kier alpha value is -2.73. The van der Waals surface area contributed by atoms with Crippen LogP contribution < -0.4 is 22.4 Å². The number of aromatic carboxylic acids is 1. The van der Waals surface area contributed by atoms with Crippen LogP contribution in [0.5, 0.6) is 0 Å². The lowest BCUT2D eigenvalue weighted by atomic mass is 10.1. The fourth-order valence-electron chi connectivity index (χ4n) is 1.72. The fraction of sp³-hybridized carbons (Fsp3) is 0.0667. The second kappa shape index (κ2) is 8.53. The normalized spacial score (nSPS) is 10.0. The van der Waals surface area contributed by atoms with E-state index in [4.69, 9.17) is 5.11 Å². The Labute approximate surface area is 133 Å². The van der Waals surface area contributed by atoms with Gasteiger partial charge in [-0.2, -0.15) is 9.67 Å². The molecule has 2 aromatic rings. The van der Waals surface area contributed by atoms with Crippen LogP contribution in [0.2, 0.25) is 0 Å². The molecule has 1 aromatic carbocycles. The van der Waals surface area contributed by atoms with E-state index in [9.17, 15) is 9.59 Å². The highest BCUT2D eigenvalue weighted by Crippen LogP contribution is 2.05. The van der Waals surface area contributed by atoms with E-state index in [1.165, 1.54) is 12.3 Å². The van der Waals surface area contributed by atoms with E-state index in [0.29, 0.717) is 5.56 Å². The topological polar surface area (TPSA) is 82.6 Å². The highest BCUT2D eigenvalue weighted by molar-refractivity contribution is 5.98. The lowest BCUT2D eigenvalue weighted by Crippen LogP contribution is -3.00. The lowest BCUT2D eigenvalue weighted by molar-refractivity contribution is -0.684. The summed E-state index contributed by atoms with van der Waals surface area (Å²) in [7, 11) is 0. The molecule has 1 amide bonds. The molecular weight excluding hydrogens is 306 g/mol. The zero-order chi connectivity index (χ0) is 15.1. The van der Waals surface area contributed by atoms with Gasteiger partial charge in [-0.3, -0.25) is 4.79 Å². The number of carboxylic acids is 1. The molecule has 0 saturated heterocycles. The summed E-state index contributed by atoms with van der Waals surface area (Å²) >= 11 is 0. The molecule has 0 saturated carbocycles. The Balaban J connectivity index is 0.00000242. The number of carbonyl (C=O) groups is 2. The van der Waals surface area contributed by atoms with Crippen LogP contribution in [-0.2, 0) is 11.3 Å². The summed E-state index contributed by atoms with van der Waals surface area (Å²) in [6, 6.07) is 11.9. The van der Waals surface area contributed by atoms with E-state index >= 15 is 0 Å². The largest absolute Gasteiger partial charge is 1.00 e. The van der Waals surface area contributed by atoms with Crippen LogP contribution in [-0.4, -0.2) is 23.2 Å². The molecule has 1 heterocycles. The maximum atomic E-state index is 11.7. The molecule has 114 valence electrons. The number of carbonyl (C=O) groups excluding carboxylic acids is 1. The van der Waals surface area contributed by atoms with Gasteiger partial charge < -0.3 is 17.5 Å². The van der Waals surface area contributed by atoms with E-state index in [-0.39, 0.29) is 30.4 Å². The molecule has 1 aromatic heterocycles. The number of hydrogen-bond donors (Lipinski definition) is 2. The molecule has 0 aliphatic rings. The second-order valence-corrected chi connectivity index (χ2v) is 4.23. The average Bonchev–Trinajstić information content (AvgIpc) is 2.48. The molecule has 22 heavy (non-hydrogen) atoms. The number of carboxylic acid groups (broad SMARTS) is 1. The first-order chi connectivity index (χ1) is 10.2.